The lowest BCUT2D eigenvalue weighted by atomic mass is 10.2. The zero-order chi connectivity index (χ0) is 18.5. The number of amidine groups is 1. The SMILES string of the molecule is O=C1N=C(N2CCN(c3ccccc3)CC2)S/C1=C/C=C/c1ccccc1. The molecule has 0 radical (unpaired) electrons. The normalized spacial score (nSPS) is 19.2. The van der Waals surface area contributed by atoms with Gasteiger partial charge in [-0.2, -0.15) is 4.99 Å². The molecule has 1 saturated heterocycles. The van der Waals surface area contributed by atoms with Crippen LogP contribution in [0.25, 0.3) is 6.08 Å². The average Bonchev–Trinajstić information content (AvgIpc) is 3.10. The number of benzene rings is 2. The molecule has 0 spiro atoms. The van der Waals surface area contributed by atoms with Crippen LogP contribution in [-0.4, -0.2) is 42.2 Å². The lowest BCUT2D eigenvalue weighted by Crippen LogP contribution is -2.47. The van der Waals surface area contributed by atoms with Gasteiger partial charge in [0, 0.05) is 31.9 Å². The standard InChI is InChI=1S/C22H21N3OS/c26-21-20(13-7-10-18-8-3-1-4-9-18)27-22(23-21)25-16-14-24(15-17-25)19-11-5-2-6-12-19/h1-13H,14-17H2/b10-7+,20-13+. The van der Waals surface area contributed by atoms with Gasteiger partial charge in [-0.1, -0.05) is 60.7 Å². The van der Waals surface area contributed by atoms with E-state index in [4.69, 9.17) is 0 Å². The topological polar surface area (TPSA) is 35.9 Å². The molecule has 1 fully saturated rings. The van der Waals surface area contributed by atoms with E-state index < -0.39 is 0 Å². The maximum atomic E-state index is 12.2. The quantitative estimate of drug-likeness (QED) is 0.759. The number of hydrogen-bond donors (Lipinski definition) is 0. The van der Waals surface area contributed by atoms with Crippen molar-refractivity contribution in [2.45, 2.75) is 0 Å². The molecule has 136 valence electrons. The van der Waals surface area contributed by atoms with E-state index in [9.17, 15) is 4.79 Å². The van der Waals surface area contributed by atoms with Gasteiger partial charge in [0.25, 0.3) is 5.91 Å². The van der Waals surface area contributed by atoms with Crippen molar-refractivity contribution >= 4 is 34.6 Å². The summed E-state index contributed by atoms with van der Waals surface area (Å²) in [4.78, 5) is 21.7. The van der Waals surface area contributed by atoms with Crippen LogP contribution in [0, 0.1) is 0 Å². The molecule has 1 amide bonds. The summed E-state index contributed by atoms with van der Waals surface area (Å²) >= 11 is 1.48. The number of para-hydroxylation sites is 1. The van der Waals surface area contributed by atoms with Gasteiger partial charge in [-0.3, -0.25) is 4.79 Å². The molecular weight excluding hydrogens is 354 g/mol. The molecule has 4 rings (SSSR count). The summed E-state index contributed by atoms with van der Waals surface area (Å²) < 4.78 is 0. The van der Waals surface area contributed by atoms with Crippen molar-refractivity contribution in [3.8, 4) is 0 Å². The van der Waals surface area contributed by atoms with Gasteiger partial charge in [-0.05, 0) is 35.5 Å². The van der Waals surface area contributed by atoms with Crippen LogP contribution < -0.4 is 4.90 Å². The summed E-state index contributed by atoms with van der Waals surface area (Å²) in [6.07, 6.45) is 5.77. The molecule has 0 aliphatic carbocycles. The first-order valence-corrected chi connectivity index (χ1v) is 9.90. The molecule has 5 heteroatoms. The van der Waals surface area contributed by atoms with Gasteiger partial charge in [0.1, 0.15) is 0 Å². The maximum Gasteiger partial charge on any atom is 0.286 e. The minimum absolute atomic E-state index is 0.141. The Hall–Kier alpha value is -2.79. The molecule has 0 N–H and O–H groups in total. The van der Waals surface area contributed by atoms with Crippen LogP contribution in [0.2, 0.25) is 0 Å². The highest BCUT2D eigenvalue weighted by Crippen LogP contribution is 2.29. The van der Waals surface area contributed by atoms with E-state index in [-0.39, 0.29) is 5.91 Å². The van der Waals surface area contributed by atoms with Gasteiger partial charge in [0.2, 0.25) is 0 Å². The lowest BCUT2D eigenvalue weighted by Gasteiger charge is -2.36. The number of hydrogen-bond acceptors (Lipinski definition) is 4. The second-order valence-corrected chi connectivity index (χ2v) is 7.42. The number of aliphatic imine (C=N–C) groups is 1. The van der Waals surface area contributed by atoms with E-state index in [1.165, 1.54) is 17.4 Å². The number of carbonyl (C=O) groups excluding carboxylic acids is 1. The van der Waals surface area contributed by atoms with Crippen LogP contribution in [0.5, 0.6) is 0 Å². The smallest absolute Gasteiger partial charge is 0.286 e. The van der Waals surface area contributed by atoms with Crippen LogP contribution in [-0.2, 0) is 4.79 Å². The Morgan fingerprint density at radius 2 is 1.48 bits per heavy atom. The Labute approximate surface area is 163 Å². The number of allylic oxidation sites excluding steroid dienone is 2. The van der Waals surface area contributed by atoms with E-state index in [0.29, 0.717) is 4.91 Å². The summed E-state index contributed by atoms with van der Waals surface area (Å²) in [5, 5.41) is 0.826. The number of rotatable bonds is 3. The fraction of sp³-hybridized carbons (Fsp3) is 0.182. The first kappa shape index (κ1) is 17.6. The predicted octanol–water partition coefficient (Wildman–Crippen LogP) is 4.04. The second kappa shape index (κ2) is 8.27. The Bertz CT molecular complexity index is 882. The van der Waals surface area contributed by atoms with E-state index >= 15 is 0 Å². The van der Waals surface area contributed by atoms with E-state index in [1.807, 2.05) is 54.6 Å². The minimum Gasteiger partial charge on any atom is -0.368 e. The maximum absolute atomic E-state index is 12.2. The van der Waals surface area contributed by atoms with E-state index in [2.05, 4.69) is 39.1 Å². The van der Waals surface area contributed by atoms with E-state index in [0.717, 1.165) is 36.9 Å². The van der Waals surface area contributed by atoms with Gasteiger partial charge in [-0.25, -0.2) is 0 Å². The molecule has 0 bridgehead atoms. The number of carbonyl (C=O) groups is 1. The molecule has 2 aliphatic heterocycles. The zero-order valence-electron chi connectivity index (χ0n) is 15.0. The number of amides is 1. The molecular formula is C22H21N3OS. The first-order valence-electron chi connectivity index (χ1n) is 9.09. The molecule has 2 aliphatic rings. The van der Waals surface area contributed by atoms with Crippen LogP contribution in [0.3, 0.4) is 0 Å². The van der Waals surface area contributed by atoms with E-state index in [1.54, 1.807) is 0 Å². The molecule has 0 saturated carbocycles. The van der Waals surface area contributed by atoms with Crippen molar-refractivity contribution in [3.05, 3.63) is 83.3 Å². The van der Waals surface area contributed by atoms with Gasteiger partial charge < -0.3 is 9.80 Å². The molecule has 2 heterocycles. The number of thioether (sulfide) groups is 1. The largest absolute Gasteiger partial charge is 0.368 e. The summed E-state index contributed by atoms with van der Waals surface area (Å²) in [6, 6.07) is 20.5. The highest BCUT2D eigenvalue weighted by atomic mass is 32.2. The summed E-state index contributed by atoms with van der Waals surface area (Å²) in [7, 11) is 0. The predicted molar refractivity (Wildman–Crippen MR) is 114 cm³/mol. The first-order chi connectivity index (χ1) is 13.3. The van der Waals surface area contributed by atoms with Crippen LogP contribution in [0.15, 0.2) is 82.7 Å². The third-order valence-corrected chi connectivity index (χ3v) is 5.68. The molecule has 27 heavy (non-hydrogen) atoms. The van der Waals surface area contributed by atoms with Crippen LogP contribution in [0.1, 0.15) is 5.56 Å². The third-order valence-electron chi connectivity index (χ3n) is 4.62. The van der Waals surface area contributed by atoms with Crippen molar-refractivity contribution in [1.82, 2.24) is 4.90 Å². The van der Waals surface area contributed by atoms with Crippen molar-refractivity contribution < 1.29 is 4.79 Å². The fourth-order valence-corrected chi connectivity index (χ4v) is 4.07. The van der Waals surface area contributed by atoms with Gasteiger partial charge in [-0.15, -0.1) is 0 Å². The van der Waals surface area contributed by atoms with Crippen molar-refractivity contribution in [2.24, 2.45) is 4.99 Å². The molecule has 2 aromatic carbocycles. The third kappa shape index (κ3) is 4.31. The van der Waals surface area contributed by atoms with Crippen LogP contribution >= 0.6 is 11.8 Å². The van der Waals surface area contributed by atoms with Crippen molar-refractivity contribution in [2.75, 3.05) is 31.1 Å². The number of anilines is 1. The number of piperazine rings is 1. The summed E-state index contributed by atoms with van der Waals surface area (Å²) in [5.41, 5.74) is 2.36. The minimum atomic E-state index is -0.141. The Morgan fingerprint density at radius 1 is 0.852 bits per heavy atom. The highest BCUT2D eigenvalue weighted by molar-refractivity contribution is 8.18. The van der Waals surface area contributed by atoms with Crippen LogP contribution in [0.4, 0.5) is 5.69 Å². The molecule has 2 aromatic rings. The fourth-order valence-electron chi connectivity index (χ4n) is 3.15. The Balaban J connectivity index is 1.35. The van der Waals surface area contributed by atoms with Crippen molar-refractivity contribution in [3.63, 3.8) is 0 Å². The Morgan fingerprint density at radius 3 is 2.19 bits per heavy atom. The number of nitrogens with zero attached hydrogens (tertiary/aromatic N) is 3. The zero-order valence-corrected chi connectivity index (χ0v) is 15.8. The average molecular weight is 375 g/mol. The monoisotopic (exact) mass is 375 g/mol. The summed E-state index contributed by atoms with van der Waals surface area (Å²) in [5.74, 6) is -0.141. The van der Waals surface area contributed by atoms with Gasteiger partial charge >= 0.3 is 0 Å². The molecule has 0 atom stereocenters. The molecule has 0 unspecified atom stereocenters. The van der Waals surface area contributed by atoms with Crippen molar-refractivity contribution in [1.29, 1.82) is 0 Å². The van der Waals surface area contributed by atoms with Gasteiger partial charge in [0.05, 0.1) is 4.91 Å². The Kier molecular flexibility index (Phi) is 5.39. The summed E-state index contributed by atoms with van der Waals surface area (Å²) in [6.45, 7) is 3.62. The second-order valence-electron chi connectivity index (χ2n) is 6.41. The lowest BCUT2D eigenvalue weighted by molar-refractivity contribution is -0.113. The van der Waals surface area contributed by atoms with Gasteiger partial charge in [0.15, 0.2) is 5.17 Å². The molecule has 4 nitrogen and oxygen atoms in total. The highest BCUT2D eigenvalue weighted by Gasteiger charge is 2.28. The molecule has 0 aromatic heterocycles.